The lowest BCUT2D eigenvalue weighted by molar-refractivity contribution is -0.149. The van der Waals surface area contributed by atoms with E-state index in [1.165, 1.54) is 11.8 Å². The molecule has 0 radical (unpaired) electrons. The Morgan fingerprint density at radius 2 is 2.00 bits per heavy atom. The third kappa shape index (κ3) is 3.34. The summed E-state index contributed by atoms with van der Waals surface area (Å²) in [5, 5.41) is 3.62. The van der Waals surface area contributed by atoms with E-state index in [0.29, 0.717) is 22.9 Å². The number of benzene rings is 2. The molecule has 3 heterocycles. The van der Waals surface area contributed by atoms with Crippen LogP contribution < -0.4 is 19.7 Å². The van der Waals surface area contributed by atoms with Crippen LogP contribution in [0.4, 0.5) is 5.69 Å². The average Bonchev–Trinajstić information content (AvgIpc) is 3.14. The van der Waals surface area contributed by atoms with Crippen molar-refractivity contribution in [3.8, 4) is 11.5 Å². The van der Waals surface area contributed by atoms with E-state index in [1.54, 1.807) is 43.5 Å². The summed E-state index contributed by atoms with van der Waals surface area (Å²) in [6.45, 7) is 0. The molecule has 0 fully saturated rings. The second kappa shape index (κ2) is 7.58. The number of fused-ring (bicyclic) bond motifs is 5. The second-order valence-corrected chi connectivity index (χ2v) is 9.47. The van der Waals surface area contributed by atoms with Gasteiger partial charge in [0.25, 0.3) is 0 Å². The third-order valence-corrected chi connectivity index (χ3v) is 7.97. The van der Waals surface area contributed by atoms with Crippen molar-refractivity contribution in [1.29, 1.82) is 0 Å². The number of aromatic nitrogens is 1. The lowest BCUT2D eigenvalue weighted by atomic mass is 9.68. The fourth-order valence-electron chi connectivity index (χ4n) is 4.18. The van der Waals surface area contributed by atoms with Gasteiger partial charge in [0.1, 0.15) is 11.5 Å². The molecule has 9 heteroatoms. The number of methoxy groups -OCH3 is 1. The van der Waals surface area contributed by atoms with Gasteiger partial charge in [0, 0.05) is 34.2 Å². The third-order valence-electron chi connectivity index (χ3n) is 5.62. The van der Waals surface area contributed by atoms with E-state index in [1.807, 2.05) is 12.1 Å². The highest BCUT2D eigenvalue weighted by Gasteiger charge is 2.57. The monoisotopic (exact) mass is 454 g/mol. The molecule has 5 rings (SSSR count). The molecule has 0 spiro atoms. The molecule has 0 saturated carbocycles. The Balaban J connectivity index is 1.53. The summed E-state index contributed by atoms with van der Waals surface area (Å²) in [7, 11) is 1.57. The number of esters is 1. The zero-order valence-corrected chi connectivity index (χ0v) is 18.1. The van der Waals surface area contributed by atoms with Gasteiger partial charge in [0.2, 0.25) is 5.91 Å². The number of anilines is 1. The number of para-hydroxylation sites is 1. The fraction of sp³-hybridized carbons (Fsp3) is 0.227. The van der Waals surface area contributed by atoms with Crippen LogP contribution >= 0.6 is 23.1 Å². The predicted molar refractivity (Wildman–Crippen MR) is 118 cm³/mol. The Labute approximate surface area is 185 Å². The average molecular weight is 455 g/mol. The quantitative estimate of drug-likeness (QED) is 0.462. The molecule has 7 nitrogen and oxygen atoms in total. The summed E-state index contributed by atoms with van der Waals surface area (Å²) in [6.07, 6.45) is -0.0601. The number of ether oxygens (including phenoxy) is 2. The predicted octanol–water partition coefficient (Wildman–Crippen LogP) is 3.62. The molecular weight excluding hydrogens is 436 g/mol. The maximum absolute atomic E-state index is 13.3. The SMILES string of the molecule is COc1ccc(NC(=O)C[C@]23CSc4[nH]c(=O)sc4[C@@H]2c2ccccc2OC3=O)cc1. The molecule has 0 aliphatic carbocycles. The van der Waals surface area contributed by atoms with Gasteiger partial charge in [0.15, 0.2) is 0 Å². The van der Waals surface area contributed by atoms with Crippen molar-refractivity contribution in [1.82, 2.24) is 4.98 Å². The summed E-state index contributed by atoms with van der Waals surface area (Å²) in [5.74, 6) is 0.330. The lowest BCUT2D eigenvalue weighted by Crippen LogP contribution is -2.49. The van der Waals surface area contributed by atoms with Gasteiger partial charge in [-0.05, 0) is 30.3 Å². The first-order valence-corrected chi connectivity index (χ1v) is 11.4. The molecule has 1 amide bonds. The van der Waals surface area contributed by atoms with Crippen molar-refractivity contribution in [2.24, 2.45) is 5.41 Å². The number of rotatable bonds is 4. The molecule has 2 aliphatic heterocycles. The molecule has 0 saturated heterocycles. The first kappa shape index (κ1) is 19.9. The molecule has 158 valence electrons. The van der Waals surface area contributed by atoms with Gasteiger partial charge in [-0.3, -0.25) is 14.4 Å². The van der Waals surface area contributed by atoms with Gasteiger partial charge >= 0.3 is 10.8 Å². The molecule has 2 aliphatic rings. The molecular formula is C22H18N2O5S2. The van der Waals surface area contributed by atoms with Crippen molar-refractivity contribution in [2.75, 3.05) is 18.2 Å². The van der Waals surface area contributed by atoms with Gasteiger partial charge in [-0.1, -0.05) is 29.5 Å². The number of hydrogen-bond acceptors (Lipinski definition) is 7. The molecule has 31 heavy (non-hydrogen) atoms. The molecule has 0 unspecified atom stereocenters. The number of H-pyrrole nitrogens is 1. The van der Waals surface area contributed by atoms with Gasteiger partial charge < -0.3 is 19.8 Å². The van der Waals surface area contributed by atoms with Crippen molar-refractivity contribution >= 4 is 40.7 Å². The largest absolute Gasteiger partial charge is 0.497 e. The van der Waals surface area contributed by atoms with E-state index in [2.05, 4.69) is 10.3 Å². The van der Waals surface area contributed by atoms with Crippen LogP contribution in [0.5, 0.6) is 11.5 Å². The van der Waals surface area contributed by atoms with Crippen LogP contribution in [0.2, 0.25) is 0 Å². The van der Waals surface area contributed by atoms with Crippen LogP contribution in [0.3, 0.4) is 0 Å². The number of carbonyl (C=O) groups is 2. The minimum absolute atomic E-state index is 0.0601. The summed E-state index contributed by atoms with van der Waals surface area (Å²) in [6, 6.07) is 14.3. The molecule has 2 atom stereocenters. The van der Waals surface area contributed by atoms with Crippen LogP contribution in [0.1, 0.15) is 22.8 Å². The fourth-order valence-corrected chi connectivity index (χ4v) is 6.73. The molecule has 2 N–H and O–H groups in total. The van der Waals surface area contributed by atoms with E-state index < -0.39 is 17.3 Å². The van der Waals surface area contributed by atoms with Crippen molar-refractivity contribution in [3.05, 3.63) is 68.6 Å². The molecule has 1 aromatic heterocycles. The standard InChI is InChI=1S/C22H18N2O5S2/c1-28-13-8-6-12(7-9-13)23-16(25)10-22-11-30-19-18(31-21(27)24-19)17(22)14-4-2-3-5-15(14)29-20(22)26/h2-9,17H,10-11H2,1H3,(H,23,25)(H,24,27)/t17-,22-/m0/s1. The van der Waals surface area contributed by atoms with E-state index in [0.717, 1.165) is 26.8 Å². The highest BCUT2D eigenvalue weighted by molar-refractivity contribution is 7.99. The maximum Gasteiger partial charge on any atom is 0.319 e. The van der Waals surface area contributed by atoms with E-state index in [-0.39, 0.29) is 17.2 Å². The molecule has 0 bridgehead atoms. The number of thioether (sulfide) groups is 1. The summed E-state index contributed by atoms with van der Waals surface area (Å²) < 4.78 is 10.8. The van der Waals surface area contributed by atoms with Crippen molar-refractivity contribution in [3.63, 3.8) is 0 Å². The first-order valence-electron chi connectivity index (χ1n) is 9.61. The Bertz CT molecular complexity index is 1230. The zero-order valence-electron chi connectivity index (χ0n) is 16.5. The first-order chi connectivity index (χ1) is 15.0. The highest BCUT2D eigenvalue weighted by Crippen LogP contribution is 2.58. The summed E-state index contributed by atoms with van der Waals surface area (Å²) in [4.78, 5) is 41.9. The van der Waals surface area contributed by atoms with Crippen LogP contribution in [0, 0.1) is 5.41 Å². The van der Waals surface area contributed by atoms with E-state index in [9.17, 15) is 14.4 Å². The van der Waals surface area contributed by atoms with Crippen LogP contribution in [-0.4, -0.2) is 29.7 Å². The number of thiazole rings is 1. The van der Waals surface area contributed by atoms with Gasteiger partial charge in [-0.15, -0.1) is 11.8 Å². The molecule has 3 aromatic rings. The highest BCUT2D eigenvalue weighted by atomic mass is 32.2. The minimum Gasteiger partial charge on any atom is -0.497 e. The van der Waals surface area contributed by atoms with Crippen LogP contribution in [0.25, 0.3) is 0 Å². The number of carbonyl (C=O) groups excluding carboxylic acids is 2. The lowest BCUT2D eigenvalue weighted by Gasteiger charge is -2.44. The number of aromatic amines is 1. The van der Waals surface area contributed by atoms with Gasteiger partial charge in [-0.25, -0.2) is 0 Å². The Hall–Kier alpha value is -3.04. The second-order valence-electron chi connectivity index (χ2n) is 7.47. The number of hydrogen-bond donors (Lipinski definition) is 2. The van der Waals surface area contributed by atoms with Gasteiger partial charge in [0.05, 0.1) is 17.6 Å². The van der Waals surface area contributed by atoms with E-state index >= 15 is 0 Å². The Morgan fingerprint density at radius 1 is 1.23 bits per heavy atom. The summed E-state index contributed by atoms with van der Waals surface area (Å²) >= 11 is 2.47. The Morgan fingerprint density at radius 3 is 2.77 bits per heavy atom. The number of amides is 1. The summed E-state index contributed by atoms with van der Waals surface area (Å²) in [5.41, 5.74) is 0.322. The maximum atomic E-state index is 13.3. The normalized spacial score (nSPS) is 21.3. The number of nitrogens with one attached hydrogen (secondary N) is 2. The Kier molecular flexibility index (Phi) is 4.86. The van der Waals surface area contributed by atoms with E-state index in [4.69, 9.17) is 9.47 Å². The molecule has 2 aromatic carbocycles. The van der Waals surface area contributed by atoms with Crippen LogP contribution in [0.15, 0.2) is 58.4 Å². The minimum atomic E-state index is -1.10. The van der Waals surface area contributed by atoms with Gasteiger partial charge in [-0.2, -0.15) is 0 Å². The van der Waals surface area contributed by atoms with Crippen LogP contribution in [-0.2, 0) is 9.59 Å². The zero-order chi connectivity index (χ0) is 21.6. The topological polar surface area (TPSA) is 97.5 Å². The van der Waals surface area contributed by atoms with Crippen molar-refractivity contribution in [2.45, 2.75) is 17.4 Å². The smallest absolute Gasteiger partial charge is 0.319 e. The van der Waals surface area contributed by atoms with Crippen molar-refractivity contribution < 1.29 is 19.1 Å².